The van der Waals surface area contributed by atoms with Crippen LogP contribution in [0.15, 0.2) is 12.1 Å². The van der Waals surface area contributed by atoms with Gasteiger partial charge in [-0.25, -0.2) is 0 Å². The van der Waals surface area contributed by atoms with Crippen molar-refractivity contribution in [3.63, 3.8) is 0 Å². The molecule has 114 valence electrons. The Morgan fingerprint density at radius 1 is 1.57 bits per heavy atom. The van der Waals surface area contributed by atoms with Gasteiger partial charge in [-0.2, -0.15) is 0 Å². The number of nitrogens with two attached hydrogens (primary N) is 1. The maximum Gasteiger partial charge on any atom is 0.325 e. The van der Waals surface area contributed by atoms with Gasteiger partial charge in [-0.05, 0) is 32.4 Å². The number of thiophene rings is 1. The Bertz CT molecular complexity index is 594. The highest BCUT2D eigenvalue weighted by Crippen LogP contribution is 2.24. The van der Waals surface area contributed by atoms with Crippen LogP contribution in [0.1, 0.15) is 30.0 Å². The summed E-state index contributed by atoms with van der Waals surface area (Å²) in [6, 6.07) is 3.90. The Kier molecular flexibility index (Phi) is 4.40. The summed E-state index contributed by atoms with van der Waals surface area (Å²) in [5.41, 5.74) is 3.73. The van der Waals surface area contributed by atoms with Crippen LogP contribution in [0, 0.1) is 11.8 Å². The predicted molar refractivity (Wildman–Crippen MR) is 81.9 cm³/mol. The highest BCUT2D eigenvalue weighted by atomic mass is 32.1. The molecule has 0 unspecified atom stereocenters. The average molecular weight is 308 g/mol. The molecule has 0 bridgehead atoms. The molecule has 6 heteroatoms. The Labute approximate surface area is 128 Å². The number of hydrogen-bond donors (Lipinski definition) is 3. The van der Waals surface area contributed by atoms with E-state index in [1.165, 1.54) is 0 Å². The van der Waals surface area contributed by atoms with Gasteiger partial charge in [0, 0.05) is 24.5 Å². The van der Waals surface area contributed by atoms with E-state index >= 15 is 0 Å². The Morgan fingerprint density at radius 3 is 2.86 bits per heavy atom. The molecule has 1 atom stereocenters. The summed E-state index contributed by atoms with van der Waals surface area (Å²) in [6.07, 6.45) is 0.471. The summed E-state index contributed by atoms with van der Waals surface area (Å²) in [5.74, 6) is 4.79. The van der Waals surface area contributed by atoms with Gasteiger partial charge in [-0.3, -0.25) is 9.69 Å². The van der Waals surface area contributed by atoms with E-state index in [4.69, 9.17) is 10.8 Å². The molecule has 1 aromatic heterocycles. The lowest BCUT2D eigenvalue weighted by Gasteiger charge is -2.19. The highest BCUT2D eigenvalue weighted by Gasteiger charge is 2.41. The molecule has 1 aromatic rings. The lowest BCUT2D eigenvalue weighted by molar-refractivity contribution is -0.142. The van der Waals surface area contributed by atoms with Gasteiger partial charge in [0.15, 0.2) is 0 Å². The molecule has 0 saturated carbocycles. The minimum absolute atomic E-state index is 0.366. The summed E-state index contributed by atoms with van der Waals surface area (Å²) < 4.78 is 0. The first-order chi connectivity index (χ1) is 9.68. The van der Waals surface area contributed by atoms with Gasteiger partial charge in [0.2, 0.25) is 0 Å². The molecule has 4 N–H and O–H groups in total. The van der Waals surface area contributed by atoms with E-state index in [1.54, 1.807) is 25.2 Å². The van der Waals surface area contributed by atoms with E-state index in [9.17, 15) is 9.90 Å². The molecule has 1 saturated heterocycles. The van der Waals surface area contributed by atoms with Gasteiger partial charge in [0.25, 0.3) is 0 Å². The molecule has 1 fully saturated rings. The fraction of sp³-hybridized carbons (Fsp3) is 0.533. The predicted octanol–water partition coefficient (Wildman–Crippen LogP) is 0.858. The van der Waals surface area contributed by atoms with Crippen LogP contribution < -0.4 is 5.73 Å². The number of carboxylic acids is 1. The fourth-order valence-corrected chi connectivity index (χ4v) is 3.09. The average Bonchev–Trinajstić information content (AvgIpc) is 2.95. The second-order valence-electron chi connectivity index (χ2n) is 6.00. The molecule has 21 heavy (non-hydrogen) atoms. The first-order valence-electron chi connectivity index (χ1n) is 6.77. The number of nitrogens with zero attached hydrogens (tertiary/aromatic N) is 1. The largest absolute Gasteiger partial charge is 0.480 e. The van der Waals surface area contributed by atoms with Crippen molar-refractivity contribution in [1.82, 2.24) is 4.90 Å². The number of carboxylic acid groups (broad SMARTS) is 1. The van der Waals surface area contributed by atoms with E-state index < -0.39 is 17.1 Å². The molecular formula is C15H20N2O3S. The second-order valence-corrected chi connectivity index (χ2v) is 7.17. The van der Waals surface area contributed by atoms with Crippen LogP contribution in [0.5, 0.6) is 0 Å². The Balaban J connectivity index is 1.98. The van der Waals surface area contributed by atoms with Crippen molar-refractivity contribution in [2.75, 3.05) is 13.1 Å². The topological polar surface area (TPSA) is 86.8 Å². The monoisotopic (exact) mass is 308 g/mol. The number of carbonyl (C=O) groups is 1. The number of hydrogen-bond acceptors (Lipinski definition) is 5. The van der Waals surface area contributed by atoms with Crippen molar-refractivity contribution in [2.45, 2.75) is 38.0 Å². The third-order valence-electron chi connectivity index (χ3n) is 3.34. The minimum atomic E-state index is -1.12. The third kappa shape index (κ3) is 4.29. The van der Waals surface area contributed by atoms with E-state index in [1.807, 2.05) is 17.0 Å². The van der Waals surface area contributed by atoms with Gasteiger partial charge >= 0.3 is 5.97 Å². The van der Waals surface area contributed by atoms with Crippen LogP contribution in [0.25, 0.3) is 0 Å². The fourth-order valence-electron chi connectivity index (χ4n) is 2.19. The summed E-state index contributed by atoms with van der Waals surface area (Å²) in [4.78, 5) is 15.2. The van der Waals surface area contributed by atoms with Gasteiger partial charge in [0.1, 0.15) is 11.1 Å². The van der Waals surface area contributed by atoms with E-state index in [2.05, 4.69) is 11.8 Å². The number of rotatable bonds is 3. The molecule has 1 aliphatic heterocycles. The van der Waals surface area contributed by atoms with Gasteiger partial charge in [0.05, 0.1) is 4.88 Å². The molecule has 0 amide bonds. The summed E-state index contributed by atoms with van der Waals surface area (Å²) >= 11 is 1.55. The molecule has 0 radical (unpaired) electrons. The van der Waals surface area contributed by atoms with Crippen molar-refractivity contribution in [3.05, 3.63) is 21.9 Å². The van der Waals surface area contributed by atoms with E-state index in [-0.39, 0.29) is 0 Å². The number of aliphatic hydroxyl groups is 1. The van der Waals surface area contributed by atoms with Crippen molar-refractivity contribution in [3.8, 4) is 11.8 Å². The SMILES string of the molecule is CC(C)(O)C#Cc1ccc(CN2CC[C@](N)(C(=O)O)C2)s1. The van der Waals surface area contributed by atoms with Crippen LogP contribution in [-0.2, 0) is 11.3 Å². The van der Waals surface area contributed by atoms with Crippen molar-refractivity contribution < 1.29 is 15.0 Å². The lowest BCUT2D eigenvalue weighted by atomic mass is 10.0. The van der Waals surface area contributed by atoms with E-state index in [0.717, 1.165) is 9.75 Å². The lowest BCUT2D eigenvalue weighted by Crippen LogP contribution is -2.49. The van der Waals surface area contributed by atoms with Gasteiger partial charge in [-0.15, -0.1) is 11.3 Å². The van der Waals surface area contributed by atoms with Crippen molar-refractivity contribution in [2.24, 2.45) is 5.73 Å². The maximum absolute atomic E-state index is 11.1. The zero-order valence-electron chi connectivity index (χ0n) is 12.2. The van der Waals surface area contributed by atoms with Crippen LogP contribution in [0.3, 0.4) is 0 Å². The first-order valence-corrected chi connectivity index (χ1v) is 7.58. The van der Waals surface area contributed by atoms with Crippen LogP contribution in [0.2, 0.25) is 0 Å². The van der Waals surface area contributed by atoms with Gasteiger partial charge < -0.3 is 15.9 Å². The van der Waals surface area contributed by atoms with Crippen LogP contribution >= 0.6 is 11.3 Å². The molecule has 2 rings (SSSR count). The minimum Gasteiger partial charge on any atom is -0.480 e. The molecular weight excluding hydrogens is 288 g/mol. The second kappa shape index (κ2) is 5.78. The quantitative estimate of drug-likeness (QED) is 0.721. The highest BCUT2D eigenvalue weighted by molar-refractivity contribution is 7.12. The Morgan fingerprint density at radius 2 is 2.29 bits per heavy atom. The number of likely N-dealkylation sites (tertiary alicyclic amines) is 1. The van der Waals surface area contributed by atoms with Crippen molar-refractivity contribution in [1.29, 1.82) is 0 Å². The first kappa shape index (κ1) is 16.0. The normalized spacial score (nSPS) is 22.9. The zero-order valence-corrected chi connectivity index (χ0v) is 13.0. The summed E-state index contributed by atoms with van der Waals surface area (Å²) in [7, 11) is 0. The zero-order chi connectivity index (χ0) is 15.7. The molecule has 0 aliphatic carbocycles. The smallest absolute Gasteiger partial charge is 0.325 e. The maximum atomic E-state index is 11.1. The summed E-state index contributed by atoms with van der Waals surface area (Å²) in [6.45, 7) is 5.02. The summed E-state index contributed by atoms with van der Waals surface area (Å²) in [5, 5.41) is 18.7. The van der Waals surface area contributed by atoms with Crippen LogP contribution in [0.4, 0.5) is 0 Å². The molecule has 0 aromatic carbocycles. The standard InChI is InChI=1S/C15H20N2O3S/c1-14(2,20)6-5-11-3-4-12(21-11)9-17-8-7-15(16,10-17)13(18)19/h3-4,20H,7-10,16H2,1-2H3,(H,18,19)/t15-/m1/s1. The third-order valence-corrected chi connectivity index (χ3v) is 4.32. The molecule has 5 nitrogen and oxygen atoms in total. The molecule has 0 spiro atoms. The molecule has 1 aliphatic rings. The van der Waals surface area contributed by atoms with Crippen molar-refractivity contribution >= 4 is 17.3 Å². The Hall–Kier alpha value is -1.39. The van der Waals surface area contributed by atoms with E-state index in [0.29, 0.717) is 26.1 Å². The van der Waals surface area contributed by atoms with Gasteiger partial charge in [-0.1, -0.05) is 11.8 Å². The van der Waals surface area contributed by atoms with Crippen LogP contribution in [-0.4, -0.2) is 45.3 Å². The molecule has 2 heterocycles. The number of aliphatic carboxylic acids is 1.